The van der Waals surface area contributed by atoms with Crippen molar-refractivity contribution in [2.45, 2.75) is 19.5 Å². The smallest absolute Gasteiger partial charge is 0.327 e. The summed E-state index contributed by atoms with van der Waals surface area (Å²) in [4.78, 5) is 12.1. The molecule has 0 saturated heterocycles. The van der Waals surface area contributed by atoms with Crippen LogP contribution in [0.4, 0.5) is 4.39 Å². The normalized spacial score (nSPS) is 12.0. The molecule has 23 heavy (non-hydrogen) atoms. The maximum Gasteiger partial charge on any atom is 0.327 e. The highest BCUT2D eigenvalue weighted by Crippen LogP contribution is 2.21. The molecule has 0 saturated carbocycles. The van der Waals surface area contributed by atoms with Crippen molar-refractivity contribution in [2.75, 3.05) is 6.61 Å². The molecule has 0 aliphatic heterocycles. The molecule has 122 valence electrons. The van der Waals surface area contributed by atoms with E-state index in [1.165, 1.54) is 24.3 Å². The third-order valence-electron chi connectivity index (χ3n) is 3.22. The average molecular weight is 338 g/mol. The molecule has 2 aromatic carbocycles. The standard InChI is InChI=1S/C17H17ClFNO3/c1-2-23-17(22)16(12-4-3-5-13(21)9-12)20-10-11-6-7-14(18)15(19)8-11/h3-9,16,20-21H,2,10H2,1H3. The monoisotopic (exact) mass is 337 g/mol. The van der Waals surface area contributed by atoms with Crippen molar-refractivity contribution >= 4 is 17.6 Å². The van der Waals surface area contributed by atoms with E-state index in [4.69, 9.17) is 16.3 Å². The molecule has 0 bridgehead atoms. The summed E-state index contributed by atoms with van der Waals surface area (Å²) in [5, 5.41) is 12.6. The average Bonchev–Trinajstić information content (AvgIpc) is 2.51. The van der Waals surface area contributed by atoms with Crippen LogP contribution in [0.3, 0.4) is 0 Å². The third-order valence-corrected chi connectivity index (χ3v) is 3.53. The van der Waals surface area contributed by atoms with Crippen molar-refractivity contribution in [1.29, 1.82) is 0 Å². The molecule has 1 atom stereocenters. The van der Waals surface area contributed by atoms with E-state index in [9.17, 15) is 14.3 Å². The summed E-state index contributed by atoms with van der Waals surface area (Å²) in [5.74, 6) is -0.931. The number of nitrogens with one attached hydrogen (secondary N) is 1. The number of hydrogen-bond acceptors (Lipinski definition) is 4. The number of carbonyl (C=O) groups is 1. The summed E-state index contributed by atoms with van der Waals surface area (Å²) in [6.45, 7) is 2.20. The summed E-state index contributed by atoms with van der Waals surface area (Å²) >= 11 is 5.65. The molecule has 0 spiro atoms. The third kappa shape index (κ3) is 4.68. The SMILES string of the molecule is CCOC(=O)C(NCc1ccc(Cl)c(F)c1)c1cccc(O)c1. The Morgan fingerprint density at radius 3 is 2.78 bits per heavy atom. The van der Waals surface area contributed by atoms with Gasteiger partial charge >= 0.3 is 5.97 Å². The van der Waals surface area contributed by atoms with Crippen LogP contribution < -0.4 is 5.32 Å². The number of phenols is 1. The van der Waals surface area contributed by atoms with Crippen LogP contribution in [0, 0.1) is 5.82 Å². The largest absolute Gasteiger partial charge is 0.508 e. The van der Waals surface area contributed by atoms with Crippen LogP contribution in [0.15, 0.2) is 42.5 Å². The molecule has 2 aromatic rings. The Labute approximate surface area is 138 Å². The Bertz CT molecular complexity index is 693. The Morgan fingerprint density at radius 2 is 2.13 bits per heavy atom. The molecule has 0 heterocycles. The molecule has 0 aliphatic rings. The second-order valence-corrected chi connectivity index (χ2v) is 5.32. The minimum atomic E-state index is -0.763. The zero-order valence-corrected chi connectivity index (χ0v) is 13.3. The lowest BCUT2D eigenvalue weighted by molar-refractivity contribution is -0.145. The molecule has 0 fully saturated rings. The van der Waals surface area contributed by atoms with Gasteiger partial charge in [0.2, 0.25) is 0 Å². The van der Waals surface area contributed by atoms with Gasteiger partial charge in [-0.1, -0.05) is 29.8 Å². The van der Waals surface area contributed by atoms with E-state index < -0.39 is 17.8 Å². The highest BCUT2D eigenvalue weighted by atomic mass is 35.5. The van der Waals surface area contributed by atoms with Crippen molar-refractivity contribution in [2.24, 2.45) is 0 Å². The maximum atomic E-state index is 13.5. The molecule has 0 radical (unpaired) electrons. The van der Waals surface area contributed by atoms with Crippen LogP contribution in [0.5, 0.6) is 5.75 Å². The second kappa shape index (κ2) is 7.94. The number of esters is 1. The molecule has 0 aliphatic carbocycles. The molecular formula is C17H17ClFNO3. The molecule has 0 amide bonds. The first-order valence-corrected chi connectivity index (χ1v) is 7.52. The van der Waals surface area contributed by atoms with E-state index in [0.29, 0.717) is 11.1 Å². The maximum absolute atomic E-state index is 13.5. The molecule has 2 N–H and O–H groups in total. The predicted octanol–water partition coefficient (Wildman–Crippen LogP) is 3.58. The summed E-state index contributed by atoms with van der Waals surface area (Å²) < 4.78 is 18.5. The topological polar surface area (TPSA) is 58.6 Å². The molecule has 2 rings (SSSR count). The van der Waals surface area contributed by atoms with Crippen LogP contribution in [0.2, 0.25) is 5.02 Å². The summed E-state index contributed by atoms with van der Waals surface area (Å²) in [5.41, 5.74) is 1.21. The number of rotatable bonds is 6. The van der Waals surface area contributed by atoms with Crippen molar-refractivity contribution in [1.82, 2.24) is 5.32 Å². The lowest BCUT2D eigenvalue weighted by Crippen LogP contribution is -2.30. The molecule has 4 nitrogen and oxygen atoms in total. The number of halogens is 2. The van der Waals surface area contributed by atoms with Gasteiger partial charge in [-0.15, -0.1) is 0 Å². The fraction of sp³-hybridized carbons (Fsp3) is 0.235. The van der Waals surface area contributed by atoms with Crippen molar-refractivity contribution in [3.8, 4) is 5.75 Å². The number of hydrogen-bond donors (Lipinski definition) is 2. The van der Waals surface area contributed by atoms with E-state index in [1.54, 1.807) is 25.1 Å². The minimum absolute atomic E-state index is 0.0451. The lowest BCUT2D eigenvalue weighted by atomic mass is 10.1. The van der Waals surface area contributed by atoms with Crippen LogP contribution in [-0.2, 0) is 16.1 Å². The zero-order chi connectivity index (χ0) is 16.8. The Morgan fingerprint density at radius 1 is 1.35 bits per heavy atom. The first kappa shape index (κ1) is 17.2. The summed E-state index contributed by atoms with van der Waals surface area (Å²) in [6.07, 6.45) is 0. The minimum Gasteiger partial charge on any atom is -0.508 e. The van der Waals surface area contributed by atoms with Gasteiger partial charge in [0, 0.05) is 6.54 Å². The van der Waals surface area contributed by atoms with E-state index in [0.717, 1.165) is 0 Å². The Hall–Kier alpha value is -2.11. The number of carbonyl (C=O) groups excluding carboxylic acids is 1. The van der Waals surface area contributed by atoms with Gasteiger partial charge < -0.3 is 9.84 Å². The van der Waals surface area contributed by atoms with Crippen molar-refractivity contribution in [3.63, 3.8) is 0 Å². The molecular weight excluding hydrogens is 321 g/mol. The van der Waals surface area contributed by atoms with Crippen LogP contribution in [-0.4, -0.2) is 17.7 Å². The molecule has 6 heteroatoms. The van der Waals surface area contributed by atoms with Gasteiger partial charge in [0.15, 0.2) is 0 Å². The fourth-order valence-corrected chi connectivity index (χ4v) is 2.25. The van der Waals surface area contributed by atoms with Gasteiger partial charge in [-0.2, -0.15) is 0 Å². The highest BCUT2D eigenvalue weighted by molar-refractivity contribution is 6.30. The van der Waals surface area contributed by atoms with Crippen LogP contribution in [0.25, 0.3) is 0 Å². The van der Waals surface area contributed by atoms with Crippen molar-refractivity contribution in [3.05, 3.63) is 64.4 Å². The highest BCUT2D eigenvalue weighted by Gasteiger charge is 2.22. The van der Waals surface area contributed by atoms with Gasteiger partial charge in [-0.25, -0.2) is 9.18 Å². The number of phenolic OH excluding ortho intramolecular Hbond substituents is 1. The molecule has 1 unspecified atom stereocenters. The Kier molecular flexibility index (Phi) is 5.96. The van der Waals surface area contributed by atoms with Crippen LogP contribution >= 0.6 is 11.6 Å². The Balaban J connectivity index is 2.17. The van der Waals surface area contributed by atoms with Crippen molar-refractivity contribution < 1.29 is 19.0 Å². The van der Waals surface area contributed by atoms with E-state index in [1.807, 2.05) is 0 Å². The molecule has 0 aromatic heterocycles. The number of ether oxygens (including phenoxy) is 1. The quantitative estimate of drug-likeness (QED) is 0.791. The van der Waals surface area contributed by atoms with Gasteiger partial charge in [0.1, 0.15) is 17.6 Å². The first-order chi connectivity index (χ1) is 11.0. The first-order valence-electron chi connectivity index (χ1n) is 7.14. The van der Waals surface area contributed by atoms with E-state index in [2.05, 4.69) is 5.32 Å². The van der Waals surface area contributed by atoms with E-state index >= 15 is 0 Å². The van der Waals surface area contributed by atoms with Crippen LogP contribution in [0.1, 0.15) is 24.1 Å². The summed E-state index contributed by atoms with van der Waals surface area (Å²) in [6, 6.07) is 10.0. The number of benzene rings is 2. The zero-order valence-electron chi connectivity index (χ0n) is 12.6. The predicted molar refractivity (Wildman–Crippen MR) is 85.7 cm³/mol. The fourth-order valence-electron chi connectivity index (χ4n) is 2.14. The number of aromatic hydroxyl groups is 1. The van der Waals surface area contributed by atoms with E-state index in [-0.39, 0.29) is 23.9 Å². The van der Waals surface area contributed by atoms with Gasteiger partial charge in [0.05, 0.1) is 11.6 Å². The second-order valence-electron chi connectivity index (χ2n) is 4.91. The summed E-state index contributed by atoms with van der Waals surface area (Å²) in [7, 11) is 0. The van der Waals surface area contributed by atoms with Gasteiger partial charge in [-0.3, -0.25) is 5.32 Å². The van der Waals surface area contributed by atoms with Gasteiger partial charge in [-0.05, 0) is 42.3 Å². The lowest BCUT2D eigenvalue weighted by Gasteiger charge is -2.18. The van der Waals surface area contributed by atoms with Gasteiger partial charge in [0.25, 0.3) is 0 Å².